The minimum atomic E-state index is -0.973. The molecule has 192 valence electrons. The molecule has 1 atom stereocenters. The van der Waals surface area contributed by atoms with Crippen LogP contribution in [0.5, 0.6) is 0 Å². The molecule has 37 heavy (non-hydrogen) atoms. The van der Waals surface area contributed by atoms with Gasteiger partial charge in [0.25, 0.3) is 0 Å². The SMILES string of the molecule is Cc1nnc(C(Cc2c[nH]c3ccccc23)NC(=O)C2(CC(=O)OC(C)(C)C)Cc3ccccc3C2)o1. The van der Waals surface area contributed by atoms with Gasteiger partial charge in [-0.1, -0.05) is 42.5 Å². The van der Waals surface area contributed by atoms with Crippen molar-refractivity contribution in [2.75, 3.05) is 0 Å². The zero-order valence-corrected chi connectivity index (χ0v) is 21.6. The largest absolute Gasteiger partial charge is 0.460 e. The Bertz CT molecular complexity index is 1420. The Morgan fingerprint density at radius 2 is 1.76 bits per heavy atom. The first-order valence-corrected chi connectivity index (χ1v) is 12.6. The molecule has 5 rings (SSSR count). The summed E-state index contributed by atoms with van der Waals surface area (Å²) in [6.45, 7) is 7.21. The number of aromatic amines is 1. The van der Waals surface area contributed by atoms with Crippen LogP contribution in [0.1, 0.15) is 61.7 Å². The van der Waals surface area contributed by atoms with E-state index in [1.165, 1.54) is 0 Å². The Hall–Kier alpha value is -3.94. The Balaban J connectivity index is 1.46. The van der Waals surface area contributed by atoms with Crippen molar-refractivity contribution in [2.24, 2.45) is 5.41 Å². The van der Waals surface area contributed by atoms with Crippen LogP contribution in [0.15, 0.2) is 59.1 Å². The third kappa shape index (κ3) is 5.28. The lowest BCUT2D eigenvalue weighted by Crippen LogP contribution is -2.46. The van der Waals surface area contributed by atoms with Crippen LogP contribution >= 0.6 is 0 Å². The van der Waals surface area contributed by atoms with Gasteiger partial charge in [0.05, 0.1) is 11.8 Å². The highest BCUT2D eigenvalue weighted by Crippen LogP contribution is 2.41. The third-order valence-electron chi connectivity index (χ3n) is 6.80. The molecule has 8 heteroatoms. The Morgan fingerprint density at radius 3 is 2.41 bits per heavy atom. The lowest BCUT2D eigenvalue weighted by Gasteiger charge is -2.30. The van der Waals surface area contributed by atoms with Crippen molar-refractivity contribution in [3.63, 3.8) is 0 Å². The second-order valence-corrected chi connectivity index (χ2v) is 10.9. The van der Waals surface area contributed by atoms with E-state index in [2.05, 4.69) is 20.5 Å². The molecule has 0 saturated carbocycles. The van der Waals surface area contributed by atoms with Gasteiger partial charge in [0.1, 0.15) is 11.6 Å². The van der Waals surface area contributed by atoms with Crippen LogP contribution in [0.3, 0.4) is 0 Å². The van der Waals surface area contributed by atoms with Gasteiger partial charge in [-0.05, 0) is 56.4 Å². The number of hydrogen-bond donors (Lipinski definition) is 2. The minimum absolute atomic E-state index is 0.0204. The van der Waals surface area contributed by atoms with Crippen LogP contribution in [0.2, 0.25) is 0 Å². The average molecular weight is 501 g/mol. The van der Waals surface area contributed by atoms with Crippen molar-refractivity contribution in [1.29, 1.82) is 0 Å². The van der Waals surface area contributed by atoms with Crippen molar-refractivity contribution < 1.29 is 18.7 Å². The van der Waals surface area contributed by atoms with Crippen molar-refractivity contribution in [3.05, 3.63) is 83.2 Å². The number of rotatable bonds is 7. The first-order chi connectivity index (χ1) is 17.6. The monoisotopic (exact) mass is 500 g/mol. The number of fused-ring (bicyclic) bond motifs is 2. The molecule has 0 fully saturated rings. The maximum absolute atomic E-state index is 14.1. The summed E-state index contributed by atoms with van der Waals surface area (Å²) in [7, 11) is 0. The van der Waals surface area contributed by atoms with Gasteiger partial charge in [-0.25, -0.2) is 0 Å². The molecule has 1 aliphatic rings. The fourth-order valence-corrected chi connectivity index (χ4v) is 5.20. The molecule has 0 bridgehead atoms. The Labute approximate surface area is 215 Å². The van der Waals surface area contributed by atoms with Crippen molar-refractivity contribution in [1.82, 2.24) is 20.5 Å². The summed E-state index contributed by atoms with van der Waals surface area (Å²) in [6.07, 6.45) is 3.28. The molecule has 4 aromatic rings. The van der Waals surface area contributed by atoms with Crippen molar-refractivity contribution in [2.45, 2.75) is 65.0 Å². The summed E-state index contributed by atoms with van der Waals surface area (Å²) in [5.74, 6) is 0.136. The van der Waals surface area contributed by atoms with E-state index < -0.39 is 23.0 Å². The number of amides is 1. The van der Waals surface area contributed by atoms with Crippen LogP contribution in [-0.4, -0.2) is 32.7 Å². The van der Waals surface area contributed by atoms with Crippen LogP contribution in [-0.2, 0) is 33.6 Å². The second kappa shape index (κ2) is 9.50. The summed E-state index contributed by atoms with van der Waals surface area (Å²) in [4.78, 5) is 30.4. The zero-order valence-electron chi connectivity index (χ0n) is 21.6. The Morgan fingerprint density at radius 1 is 1.08 bits per heavy atom. The molecule has 2 aromatic heterocycles. The van der Waals surface area contributed by atoms with E-state index >= 15 is 0 Å². The molecule has 1 aliphatic carbocycles. The first kappa shape index (κ1) is 24.7. The fourth-order valence-electron chi connectivity index (χ4n) is 5.20. The van der Waals surface area contributed by atoms with E-state index in [0.717, 1.165) is 27.6 Å². The molecular formula is C29H32N4O4. The highest BCUT2D eigenvalue weighted by molar-refractivity contribution is 5.89. The molecule has 2 aromatic carbocycles. The standard InChI is InChI=1S/C29H32N4O4/c1-18-32-33-26(36-18)24(13-21-17-30-23-12-8-7-11-22(21)23)31-27(35)29(16-25(34)37-28(2,3)4)14-19-9-5-6-10-20(19)15-29/h5-12,17,24,30H,13-16H2,1-4H3,(H,31,35). The topological polar surface area (TPSA) is 110 Å². The van der Waals surface area contributed by atoms with Crippen LogP contribution in [0.4, 0.5) is 0 Å². The number of benzene rings is 2. The van der Waals surface area contributed by atoms with E-state index in [4.69, 9.17) is 9.15 Å². The second-order valence-electron chi connectivity index (χ2n) is 10.9. The quantitative estimate of drug-likeness (QED) is 0.354. The summed E-state index contributed by atoms with van der Waals surface area (Å²) in [5, 5.41) is 12.5. The molecule has 8 nitrogen and oxygen atoms in total. The summed E-state index contributed by atoms with van der Waals surface area (Å²) in [6, 6.07) is 15.4. The molecule has 2 N–H and O–H groups in total. The molecule has 0 radical (unpaired) electrons. The molecular weight excluding hydrogens is 468 g/mol. The smallest absolute Gasteiger partial charge is 0.307 e. The van der Waals surface area contributed by atoms with E-state index in [1.807, 2.05) is 75.5 Å². The number of carbonyl (C=O) groups excluding carboxylic acids is 2. The highest BCUT2D eigenvalue weighted by Gasteiger charge is 2.47. The van der Waals surface area contributed by atoms with E-state index in [0.29, 0.717) is 31.0 Å². The third-order valence-corrected chi connectivity index (χ3v) is 6.80. The number of nitrogens with zero attached hydrogens (tertiary/aromatic N) is 2. The molecule has 2 heterocycles. The zero-order chi connectivity index (χ0) is 26.2. The minimum Gasteiger partial charge on any atom is -0.460 e. The van der Waals surface area contributed by atoms with E-state index in [9.17, 15) is 9.59 Å². The molecule has 0 saturated heterocycles. The maximum atomic E-state index is 14.1. The van der Waals surface area contributed by atoms with Crippen molar-refractivity contribution >= 4 is 22.8 Å². The molecule has 0 spiro atoms. The van der Waals surface area contributed by atoms with Gasteiger partial charge in [0.2, 0.25) is 17.7 Å². The summed E-state index contributed by atoms with van der Waals surface area (Å²) in [5.41, 5.74) is 2.56. The number of ether oxygens (including phenoxy) is 1. The maximum Gasteiger partial charge on any atom is 0.307 e. The number of aryl methyl sites for hydroxylation is 1. The molecule has 0 aliphatic heterocycles. The number of aromatic nitrogens is 3. The number of hydrogen-bond acceptors (Lipinski definition) is 6. The number of para-hydroxylation sites is 1. The van der Waals surface area contributed by atoms with Gasteiger partial charge < -0.3 is 19.5 Å². The van der Waals surface area contributed by atoms with Crippen LogP contribution < -0.4 is 5.32 Å². The molecule has 1 unspecified atom stereocenters. The Kier molecular flexibility index (Phi) is 6.35. The van der Waals surface area contributed by atoms with Gasteiger partial charge in [-0.15, -0.1) is 10.2 Å². The van der Waals surface area contributed by atoms with E-state index in [-0.39, 0.29) is 12.3 Å². The normalized spacial score (nSPS) is 15.4. The average Bonchev–Trinajstić information content (AvgIpc) is 3.54. The van der Waals surface area contributed by atoms with Gasteiger partial charge in [0.15, 0.2) is 0 Å². The predicted molar refractivity (Wildman–Crippen MR) is 139 cm³/mol. The van der Waals surface area contributed by atoms with Crippen LogP contribution in [0.25, 0.3) is 10.9 Å². The summed E-state index contributed by atoms with van der Waals surface area (Å²) < 4.78 is 11.4. The number of carbonyl (C=O) groups is 2. The number of esters is 1. The predicted octanol–water partition coefficient (Wildman–Crippen LogP) is 4.78. The number of H-pyrrole nitrogens is 1. The lowest BCUT2D eigenvalue weighted by molar-refractivity contribution is -0.160. The van der Waals surface area contributed by atoms with Gasteiger partial charge >= 0.3 is 5.97 Å². The summed E-state index contributed by atoms with van der Waals surface area (Å²) >= 11 is 0. The molecule has 1 amide bonds. The highest BCUT2D eigenvalue weighted by atomic mass is 16.6. The van der Waals surface area contributed by atoms with Gasteiger partial charge in [0, 0.05) is 30.4 Å². The fraction of sp³-hybridized carbons (Fsp3) is 0.379. The van der Waals surface area contributed by atoms with Crippen molar-refractivity contribution in [3.8, 4) is 0 Å². The number of nitrogens with one attached hydrogen (secondary N) is 2. The van der Waals surface area contributed by atoms with Gasteiger partial charge in [-0.3, -0.25) is 9.59 Å². The van der Waals surface area contributed by atoms with E-state index in [1.54, 1.807) is 6.92 Å². The van der Waals surface area contributed by atoms with Gasteiger partial charge in [-0.2, -0.15) is 0 Å². The first-order valence-electron chi connectivity index (χ1n) is 12.6. The van der Waals surface area contributed by atoms with Crippen LogP contribution in [0, 0.1) is 12.3 Å². The lowest BCUT2D eigenvalue weighted by atomic mass is 9.80.